The highest BCUT2D eigenvalue weighted by Gasteiger charge is 2.11. The number of anilines is 1. The van der Waals surface area contributed by atoms with Crippen molar-refractivity contribution in [2.24, 2.45) is 0 Å². The van der Waals surface area contributed by atoms with E-state index in [9.17, 15) is 9.18 Å². The van der Waals surface area contributed by atoms with E-state index in [0.717, 1.165) is 0 Å². The Kier molecular flexibility index (Phi) is 4.46. The smallest absolute Gasteiger partial charge is 0.279 e. The second kappa shape index (κ2) is 6.86. The lowest BCUT2D eigenvalue weighted by Crippen LogP contribution is -2.13. The third-order valence-corrected chi connectivity index (χ3v) is 3.10. The Labute approximate surface area is 136 Å². The van der Waals surface area contributed by atoms with E-state index in [-0.39, 0.29) is 17.3 Å². The minimum atomic E-state index is -0.473. The first-order valence-electron chi connectivity index (χ1n) is 7.15. The molecular weight excluding hydrogens is 315 g/mol. The molecule has 0 atom stereocenters. The Hall–Kier alpha value is -3.29. The van der Waals surface area contributed by atoms with Gasteiger partial charge in [-0.15, -0.1) is 10.2 Å². The molecular formula is C16H13FN4O3. The number of halogens is 1. The van der Waals surface area contributed by atoms with Gasteiger partial charge in [-0.05, 0) is 37.3 Å². The normalized spacial score (nSPS) is 10.4. The van der Waals surface area contributed by atoms with Crippen LogP contribution in [0.1, 0.15) is 17.4 Å². The molecule has 7 nitrogen and oxygen atoms in total. The zero-order chi connectivity index (χ0) is 16.9. The van der Waals surface area contributed by atoms with Crippen molar-refractivity contribution in [3.05, 3.63) is 54.2 Å². The lowest BCUT2D eigenvalue weighted by molar-refractivity contribution is 0.101. The van der Waals surface area contributed by atoms with Crippen LogP contribution in [0.25, 0.3) is 11.3 Å². The lowest BCUT2D eigenvalue weighted by atomic mass is 10.1. The van der Waals surface area contributed by atoms with Crippen LogP contribution in [-0.2, 0) is 0 Å². The first-order chi connectivity index (χ1) is 11.7. The summed E-state index contributed by atoms with van der Waals surface area (Å²) < 4.78 is 23.6. The maximum atomic E-state index is 13.9. The lowest BCUT2D eigenvalue weighted by Gasteiger charge is -2.07. The second-order valence-electron chi connectivity index (χ2n) is 4.72. The van der Waals surface area contributed by atoms with Gasteiger partial charge >= 0.3 is 0 Å². The number of amides is 1. The number of nitrogens with zero attached hydrogens (tertiary/aromatic N) is 3. The van der Waals surface area contributed by atoms with E-state index < -0.39 is 11.7 Å². The van der Waals surface area contributed by atoms with Gasteiger partial charge in [-0.25, -0.2) is 4.39 Å². The van der Waals surface area contributed by atoms with Crippen molar-refractivity contribution >= 4 is 11.7 Å². The Morgan fingerprint density at radius 2 is 2.12 bits per heavy atom. The van der Waals surface area contributed by atoms with Crippen molar-refractivity contribution in [2.45, 2.75) is 6.92 Å². The fourth-order valence-electron chi connectivity index (χ4n) is 2.00. The molecule has 1 N–H and O–H groups in total. The van der Waals surface area contributed by atoms with Gasteiger partial charge in [0.15, 0.2) is 23.1 Å². The molecule has 122 valence electrons. The van der Waals surface area contributed by atoms with Gasteiger partial charge in [-0.1, -0.05) is 5.16 Å². The van der Waals surface area contributed by atoms with Gasteiger partial charge < -0.3 is 14.6 Å². The predicted octanol–water partition coefficient (Wildman–Crippen LogP) is 2.92. The van der Waals surface area contributed by atoms with E-state index in [4.69, 9.17) is 4.74 Å². The molecule has 0 aliphatic carbocycles. The number of hydrogen-bond donors (Lipinski definition) is 1. The SMILES string of the molecule is CCOc1ccc(-c2ccc(NC(=O)c3ccon3)nn2)cc1F. The van der Waals surface area contributed by atoms with Crippen molar-refractivity contribution in [3.63, 3.8) is 0 Å². The Morgan fingerprint density at radius 3 is 2.75 bits per heavy atom. The third-order valence-electron chi connectivity index (χ3n) is 3.10. The molecule has 0 unspecified atom stereocenters. The summed E-state index contributed by atoms with van der Waals surface area (Å²) in [6.45, 7) is 2.17. The van der Waals surface area contributed by atoms with Crippen molar-refractivity contribution in [2.75, 3.05) is 11.9 Å². The van der Waals surface area contributed by atoms with Crippen LogP contribution in [0.15, 0.2) is 47.2 Å². The molecule has 0 saturated carbocycles. The summed E-state index contributed by atoms with van der Waals surface area (Å²) in [7, 11) is 0. The number of ether oxygens (including phenoxy) is 1. The van der Waals surface area contributed by atoms with Crippen molar-refractivity contribution < 1.29 is 18.4 Å². The highest BCUT2D eigenvalue weighted by atomic mass is 19.1. The number of aromatic nitrogens is 3. The summed E-state index contributed by atoms with van der Waals surface area (Å²) in [6.07, 6.45) is 1.30. The first kappa shape index (κ1) is 15.6. The van der Waals surface area contributed by atoms with Crippen molar-refractivity contribution in [1.82, 2.24) is 15.4 Å². The van der Waals surface area contributed by atoms with Crippen LogP contribution in [0.5, 0.6) is 5.75 Å². The molecule has 0 spiro atoms. The van der Waals surface area contributed by atoms with Crippen LogP contribution in [0.3, 0.4) is 0 Å². The zero-order valence-electron chi connectivity index (χ0n) is 12.7. The molecule has 0 bridgehead atoms. The molecule has 1 aromatic carbocycles. The molecule has 0 radical (unpaired) electrons. The molecule has 0 fully saturated rings. The number of carbonyl (C=O) groups excluding carboxylic acids is 1. The third kappa shape index (κ3) is 3.37. The molecule has 24 heavy (non-hydrogen) atoms. The highest BCUT2D eigenvalue weighted by molar-refractivity contribution is 6.02. The van der Waals surface area contributed by atoms with Crippen LogP contribution < -0.4 is 10.1 Å². The summed E-state index contributed by atoms with van der Waals surface area (Å²) in [5.74, 6) is -0.499. The van der Waals surface area contributed by atoms with Crippen molar-refractivity contribution in [3.8, 4) is 17.0 Å². The molecule has 0 saturated heterocycles. The maximum absolute atomic E-state index is 13.9. The van der Waals surface area contributed by atoms with Crippen LogP contribution in [0.2, 0.25) is 0 Å². The number of carbonyl (C=O) groups is 1. The topological polar surface area (TPSA) is 90.1 Å². The van der Waals surface area contributed by atoms with Crippen LogP contribution in [0.4, 0.5) is 10.2 Å². The van der Waals surface area contributed by atoms with Gasteiger partial charge in [0.2, 0.25) is 0 Å². The fraction of sp³-hybridized carbons (Fsp3) is 0.125. The van der Waals surface area contributed by atoms with Gasteiger partial charge in [0.1, 0.15) is 6.26 Å². The van der Waals surface area contributed by atoms with Crippen LogP contribution >= 0.6 is 0 Å². The molecule has 2 aromatic heterocycles. The van der Waals surface area contributed by atoms with Crippen molar-refractivity contribution in [1.29, 1.82) is 0 Å². The van der Waals surface area contributed by atoms with E-state index in [1.165, 1.54) is 24.5 Å². The zero-order valence-corrected chi connectivity index (χ0v) is 12.7. The largest absolute Gasteiger partial charge is 0.491 e. The monoisotopic (exact) mass is 328 g/mol. The van der Waals surface area contributed by atoms with Gasteiger partial charge in [0.25, 0.3) is 5.91 Å². The van der Waals surface area contributed by atoms with Gasteiger partial charge in [0, 0.05) is 11.6 Å². The number of benzene rings is 1. The summed E-state index contributed by atoms with van der Waals surface area (Å²) in [6, 6.07) is 9.17. The Balaban J connectivity index is 1.74. The van der Waals surface area contributed by atoms with Crippen LogP contribution in [0, 0.1) is 5.82 Å². The Morgan fingerprint density at radius 1 is 1.25 bits per heavy atom. The molecule has 2 heterocycles. The molecule has 0 aliphatic rings. The fourth-order valence-corrected chi connectivity index (χ4v) is 2.00. The van der Waals surface area contributed by atoms with E-state index in [1.807, 2.05) is 0 Å². The highest BCUT2D eigenvalue weighted by Crippen LogP contribution is 2.24. The summed E-state index contributed by atoms with van der Waals surface area (Å²) in [5.41, 5.74) is 1.16. The minimum Gasteiger partial charge on any atom is -0.491 e. The van der Waals surface area contributed by atoms with Gasteiger partial charge in [-0.3, -0.25) is 4.79 Å². The van der Waals surface area contributed by atoms with E-state index in [0.29, 0.717) is 17.9 Å². The predicted molar refractivity (Wildman–Crippen MR) is 83.1 cm³/mol. The maximum Gasteiger partial charge on any atom is 0.279 e. The van der Waals surface area contributed by atoms with E-state index in [1.54, 1.807) is 25.1 Å². The summed E-state index contributed by atoms with van der Waals surface area (Å²) >= 11 is 0. The summed E-state index contributed by atoms with van der Waals surface area (Å²) in [5, 5.41) is 13.9. The quantitative estimate of drug-likeness (QED) is 0.774. The number of nitrogens with one attached hydrogen (secondary N) is 1. The first-order valence-corrected chi connectivity index (χ1v) is 7.15. The molecule has 0 aliphatic heterocycles. The second-order valence-corrected chi connectivity index (χ2v) is 4.72. The average molecular weight is 328 g/mol. The average Bonchev–Trinajstić information content (AvgIpc) is 3.12. The minimum absolute atomic E-state index is 0.134. The van der Waals surface area contributed by atoms with Gasteiger partial charge in [0.05, 0.1) is 12.3 Å². The van der Waals surface area contributed by atoms with E-state index in [2.05, 4.69) is 25.2 Å². The standard InChI is InChI=1S/C16H13FN4O3/c1-2-23-14-5-3-10(9-11(14)17)12-4-6-15(20-19-12)18-16(22)13-7-8-24-21-13/h3-9H,2H2,1H3,(H,18,20,22). The number of hydrogen-bond acceptors (Lipinski definition) is 6. The molecule has 8 heteroatoms. The number of rotatable bonds is 5. The summed E-state index contributed by atoms with van der Waals surface area (Å²) in [4.78, 5) is 11.8. The Bertz CT molecular complexity index is 835. The van der Waals surface area contributed by atoms with Gasteiger partial charge in [-0.2, -0.15) is 0 Å². The molecule has 3 rings (SSSR count). The van der Waals surface area contributed by atoms with Crippen LogP contribution in [-0.4, -0.2) is 27.9 Å². The molecule has 3 aromatic rings. The molecule has 1 amide bonds. The van der Waals surface area contributed by atoms with E-state index >= 15 is 0 Å².